The summed E-state index contributed by atoms with van der Waals surface area (Å²) in [5.74, 6) is 0.0878. The van der Waals surface area contributed by atoms with Crippen LogP contribution in [0.25, 0.3) is 0 Å². The first-order chi connectivity index (χ1) is 20.6. The third kappa shape index (κ3) is 5.80. The number of nitrogens with one attached hydrogen (secondary N) is 2. The van der Waals surface area contributed by atoms with Crippen molar-refractivity contribution >= 4 is 17.6 Å². The summed E-state index contributed by atoms with van der Waals surface area (Å²) < 4.78 is 43.6. The van der Waals surface area contributed by atoms with Crippen molar-refractivity contribution in [3.63, 3.8) is 0 Å². The molecule has 0 atom stereocenters. The van der Waals surface area contributed by atoms with Gasteiger partial charge in [-0.25, -0.2) is 4.79 Å². The van der Waals surface area contributed by atoms with Crippen LogP contribution in [0.3, 0.4) is 0 Å². The zero-order valence-electron chi connectivity index (χ0n) is 23.7. The Bertz CT molecular complexity index is 1470. The standard InChI is InChI=1S/C30H32F3N7O3/c1-39-27(42)36-19-28(39)12-14-40(15-13-28)22-5-2-20(3-6-22)16-35-26(41)29(10-11-29)23-8-9-25(38-37-23)43-18-21-4-7-24(34-17-21)30(31,32)33/h2-9,17H,10-16,18-19H2,1H3,(H,35,41)(H,36,42). The highest BCUT2D eigenvalue weighted by atomic mass is 19.4. The number of urea groups is 1. The van der Waals surface area contributed by atoms with E-state index in [0.717, 1.165) is 49.4 Å². The summed E-state index contributed by atoms with van der Waals surface area (Å²) in [6.45, 7) is 2.81. The van der Waals surface area contributed by atoms with E-state index in [1.54, 1.807) is 12.1 Å². The van der Waals surface area contributed by atoms with Crippen LogP contribution in [0.2, 0.25) is 0 Å². The normalized spacial score (nSPS) is 18.8. The van der Waals surface area contributed by atoms with Gasteiger partial charge in [0.15, 0.2) is 0 Å². The van der Waals surface area contributed by atoms with Gasteiger partial charge in [-0.1, -0.05) is 18.2 Å². The van der Waals surface area contributed by atoms with Crippen molar-refractivity contribution in [3.05, 3.63) is 77.2 Å². The van der Waals surface area contributed by atoms with Crippen LogP contribution in [-0.2, 0) is 29.5 Å². The van der Waals surface area contributed by atoms with Crippen molar-refractivity contribution in [3.8, 4) is 5.88 Å². The van der Waals surface area contributed by atoms with Crippen LogP contribution in [0.1, 0.15) is 48.2 Å². The number of hydrogen-bond acceptors (Lipinski definition) is 7. The second-order valence-electron chi connectivity index (χ2n) is 11.5. The molecule has 226 valence electrons. The molecule has 6 rings (SSSR count). The Morgan fingerprint density at radius 1 is 1.00 bits per heavy atom. The molecule has 0 radical (unpaired) electrons. The van der Waals surface area contributed by atoms with Gasteiger partial charge in [0.1, 0.15) is 12.3 Å². The summed E-state index contributed by atoms with van der Waals surface area (Å²) in [5.41, 5.74) is 1.33. The Balaban J connectivity index is 0.986. The summed E-state index contributed by atoms with van der Waals surface area (Å²) in [5, 5.41) is 14.3. The van der Waals surface area contributed by atoms with Crippen LogP contribution in [0, 0.1) is 0 Å². The monoisotopic (exact) mass is 595 g/mol. The number of aromatic nitrogens is 3. The molecule has 2 aliphatic heterocycles. The van der Waals surface area contributed by atoms with Gasteiger partial charge in [-0.3, -0.25) is 9.78 Å². The van der Waals surface area contributed by atoms with Gasteiger partial charge in [0.25, 0.3) is 0 Å². The van der Waals surface area contributed by atoms with Gasteiger partial charge in [0.2, 0.25) is 11.8 Å². The van der Waals surface area contributed by atoms with E-state index in [1.807, 2.05) is 24.1 Å². The molecule has 2 saturated heterocycles. The van der Waals surface area contributed by atoms with E-state index in [1.165, 1.54) is 6.07 Å². The number of benzene rings is 1. The molecule has 2 aromatic heterocycles. The molecule has 4 heterocycles. The Hall–Kier alpha value is -4.42. The summed E-state index contributed by atoms with van der Waals surface area (Å²) >= 11 is 0. The van der Waals surface area contributed by atoms with Crippen molar-refractivity contribution in [1.29, 1.82) is 0 Å². The number of rotatable bonds is 8. The third-order valence-corrected chi connectivity index (χ3v) is 8.85. The van der Waals surface area contributed by atoms with E-state index in [9.17, 15) is 22.8 Å². The number of likely N-dealkylation sites (N-methyl/N-ethyl adjacent to an activating group) is 1. The molecule has 3 aliphatic rings. The predicted molar refractivity (Wildman–Crippen MR) is 150 cm³/mol. The van der Waals surface area contributed by atoms with Gasteiger partial charge in [-0.15, -0.1) is 5.10 Å². The van der Waals surface area contributed by atoms with Gasteiger partial charge in [0, 0.05) is 56.7 Å². The maximum Gasteiger partial charge on any atom is 0.433 e. The lowest BCUT2D eigenvalue weighted by molar-refractivity contribution is -0.141. The lowest BCUT2D eigenvalue weighted by Gasteiger charge is -2.43. The highest BCUT2D eigenvalue weighted by Gasteiger charge is 2.53. The van der Waals surface area contributed by atoms with Crippen molar-refractivity contribution in [2.24, 2.45) is 0 Å². The van der Waals surface area contributed by atoms with Crippen LogP contribution in [0.4, 0.5) is 23.7 Å². The first-order valence-corrected chi connectivity index (χ1v) is 14.2. The number of hydrogen-bond donors (Lipinski definition) is 2. The lowest BCUT2D eigenvalue weighted by atomic mass is 9.87. The van der Waals surface area contributed by atoms with Gasteiger partial charge < -0.3 is 25.2 Å². The minimum atomic E-state index is -4.50. The van der Waals surface area contributed by atoms with E-state index >= 15 is 0 Å². The summed E-state index contributed by atoms with van der Waals surface area (Å²) in [4.78, 5) is 32.7. The largest absolute Gasteiger partial charge is 0.472 e. The number of halogens is 3. The van der Waals surface area contributed by atoms with Crippen LogP contribution in [-0.4, -0.2) is 64.2 Å². The van der Waals surface area contributed by atoms with Crippen molar-refractivity contribution in [1.82, 2.24) is 30.7 Å². The highest BCUT2D eigenvalue weighted by Crippen LogP contribution is 2.47. The Labute approximate surface area is 246 Å². The van der Waals surface area contributed by atoms with Crippen molar-refractivity contribution < 1.29 is 27.5 Å². The molecule has 1 saturated carbocycles. The van der Waals surface area contributed by atoms with Crippen LogP contribution < -0.4 is 20.3 Å². The molecular weight excluding hydrogens is 563 g/mol. The van der Waals surface area contributed by atoms with Gasteiger partial charge in [0.05, 0.1) is 16.6 Å². The number of carbonyl (C=O) groups is 2. The predicted octanol–water partition coefficient (Wildman–Crippen LogP) is 3.81. The minimum Gasteiger partial charge on any atom is -0.472 e. The Morgan fingerprint density at radius 3 is 2.28 bits per heavy atom. The molecule has 10 nitrogen and oxygen atoms in total. The number of piperidine rings is 1. The molecule has 0 bridgehead atoms. The second kappa shape index (κ2) is 11.0. The quantitative estimate of drug-likeness (QED) is 0.407. The van der Waals surface area contributed by atoms with Crippen LogP contribution in [0.15, 0.2) is 54.7 Å². The zero-order valence-corrected chi connectivity index (χ0v) is 23.7. The third-order valence-electron chi connectivity index (χ3n) is 8.85. The number of carbonyl (C=O) groups excluding carboxylic acids is 2. The molecule has 1 spiro atoms. The smallest absolute Gasteiger partial charge is 0.433 e. The summed E-state index contributed by atoms with van der Waals surface area (Å²) in [7, 11) is 1.87. The van der Waals surface area contributed by atoms with E-state index in [2.05, 4.69) is 42.8 Å². The Kier molecular flexibility index (Phi) is 7.35. The maximum atomic E-state index is 13.1. The van der Waals surface area contributed by atoms with E-state index < -0.39 is 17.3 Å². The minimum absolute atomic E-state index is 0.00122. The molecule has 43 heavy (non-hydrogen) atoms. The van der Waals surface area contributed by atoms with Gasteiger partial charge >= 0.3 is 12.2 Å². The first-order valence-electron chi connectivity index (χ1n) is 14.2. The molecule has 1 aromatic carbocycles. The average Bonchev–Trinajstić information content (AvgIpc) is 3.79. The lowest BCUT2D eigenvalue weighted by Crippen LogP contribution is -2.53. The van der Waals surface area contributed by atoms with Crippen LogP contribution >= 0.6 is 0 Å². The molecule has 0 unspecified atom stereocenters. The van der Waals surface area contributed by atoms with E-state index in [4.69, 9.17) is 4.74 Å². The molecule has 3 aromatic rings. The number of pyridine rings is 1. The summed E-state index contributed by atoms with van der Waals surface area (Å²) in [6, 6.07) is 13.7. The summed E-state index contributed by atoms with van der Waals surface area (Å²) in [6.07, 6.45) is -0.235. The molecule has 3 fully saturated rings. The SMILES string of the molecule is CN1C(=O)NCC12CCN(c1ccc(CNC(=O)C3(c4ccc(OCc5ccc(C(F)(F)F)nc5)nn4)CC3)cc1)CC2. The van der Waals surface area contributed by atoms with E-state index in [0.29, 0.717) is 37.2 Å². The molecule has 3 amide bonds. The van der Waals surface area contributed by atoms with Crippen molar-refractivity contribution in [2.45, 2.75) is 56.0 Å². The number of amides is 3. The number of anilines is 1. The molecular formula is C30H32F3N7O3. The number of alkyl halides is 3. The molecule has 1 aliphatic carbocycles. The van der Waals surface area contributed by atoms with Gasteiger partial charge in [-0.2, -0.15) is 18.3 Å². The zero-order chi connectivity index (χ0) is 30.2. The second-order valence-corrected chi connectivity index (χ2v) is 11.5. The van der Waals surface area contributed by atoms with E-state index in [-0.39, 0.29) is 30.0 Å². The maximum absolute atomic E-state index is 13.1. The van der Waals surface area contributed by atoms with Gasteiger partial charge in [-0.05, 0) is 55.5 Å². The van der Waals surface area contributed by atoms with Crippen molar-refractivity contribution in [2.75, 3.05) is 31.6 Å². The first kappa shape index (κ1) is 28.7. The topological polar surface area (TPSA) is 113 Å². The number of ether oxygens (including phenoxy) is 1. The molecule has 13 heteroatoms. The van der Waals surface area contributed by atoms with Crippen LogP contribution in [0.5, 0.6) is 5.88 Å². The average molecular weight is 596 g/mol. The number of nitrogens with zero attached hydrogens (tertiary/aromatic N) is 5. The fourth-order valence-electron chi connectivity index (χ4n) is 5.77. The fraction of sp³-hybridized carbons (Fsp3) is 0.433. The highest BCUT2D eigenvalue weighted by molar-refractivity contribution is 5.90. The fourth-order valence-corrected chi connectivity index (χ4v) is 5.77. The Morgan fingerprint density at radius 2 is 1.72 bits per heavy atom. The molecule has 2 N–H and O–H groups in total.